The summed E-state index contributed by atoms with van der Waals surface area (Å²) >= 11 is 5.56. The van der Waals surface area contributed by atoms with Crippen molar-refractivity contribution in [2.75, 3.05) is 0 Å². The lowest BCUT2D eigenvalue weighted by Crippen LogP contribution is -2.14. The number of carbonyl (C=O) groups excluding carboxylic acids is 1. The van der Waals surface area contributed by atoms with Gasteiger partial charge < -0.3 is 5.11 Å². The fourth-order valence-corrected chi connectivity index (χ4v) is 1.01. The number of ketones is 1. The van der Waals surface area contributed by atoms with Crippen LogP contribution in [0.2, 0.25) is 0 Å². The van der Waals surface area contributed by atoms with Crippen LogP contribution in [0.4, 0.5) is 0 Å². The molecule has 0 fully saturated rings. The number of carboxylic acids is 1. The van der Waals surface area contributed by atoms with E-state index in [1.807, 2.05) is 0 Å². The number of Topliss-reactive ketones (excluding diaryl/α,β-unsaturated/α-hetero) is 1. The number of alkyl halides is 1. The Morgan fingerprint density at radius 3 is 2.50 bits per heavy atom. The zero-order chi connectivity index (χ0) is 10.7. The van der Waals surface area contributed by atoms with Crippen LogP contribution in [0.3, 0.4) is 0 Å². The number of aromatic carboxylic acids is 1. The highest BCUT2D eigenvalue weighted by Crippen LogP contribution is 2.06. The Morgan fingerprint density at radius 2 is 2.00 bits per heavy atom. The van der Waals surface area contributed by atoms with E-state index < -0.39 is 11.3 Å². The van der Waals surface area contributed by atoms with Gasteiger partial charge in [-0.05, 0) is 19.1 Å². The number of nitrogens with zero attached hydrogens (tertiary/aromatic N) is 1. The molecule has 0 aromatic carbocycles. The van der Waals surface area contributed by atoms with Gasteiger partial charge in [-0.3, -0.25) is 4.79 Å². The number of halogens is 1. The van der Waals surface area contributed by atoms with Gasteiger partial charge in [0.1, 0.15) is 11.4 Å². The number of pyridine rings is 1. The summed E-state index contributed by atoms with van der Waals surface area (Å²) in [7, 11) is 0. The third-order valence-electron chi connectivity index (χ3n) is 1.58. The van der Waals surface area contributed by atoms with Crippen molar-refractivity contribution in [2.45, 2.75) is 12.3 Å². The summed E-state index contributed by atoms with van der Waals surface area (Å²) in [5, 5.41) is 7.92. The van der Waals surface area contributed by atoms with Crippen LogP contribution in [-0.2, 0) is 0 Å². The molecule has 0 saturated heterocycles. The van der Waals surface area contributed by atoms with Crippen molar-refractivity contribution >= 4 is 23.4 Å². The highest BCUT2D eigenvalue weighted by molar-refractivity contribution is 6.33. The van der Waals surface area contributed by atoms with Gasteiger partial charge in [0.2, 0.25) is 0 Å². The Labute approximate surface area is 85.5 Å². The van der Waals surface area contributed by atoms with E-state index in [4.69, 9.17) is 16.7 Å². The molecule has 0 unspecified atom stereocenters. The van der Waals surface area contributed by atoms with Crippen molar-refractivity contribution in [3.63, 3.8) is 0 Å². The van der Waals surface area contributed by atoms with E-state index in [9.17, 15) is 9.59 Å². The lowest BCUT2D eigenvalue weighted by Gasteiger charge is -2.01. The van der Waals surface area contributed by atoms with Crippen molar-refractivity contribution in [2.24, 2.45) is 0 Å². The van der Waals surface area contributed by atoms with Gasteiger partial charge in [0, 0.05) is 0 Å². The SMILES string of the molecule is C[C@@H](Cl)C(=O)c1cccc(C(=O)O)n1. The Balaban J connectivity index is 3.06. The first-order chi connectivity index (χ1) is 6.52. The van der Waals surface area contributed by atoms with Gasteiger partial charge in [-0.1, -0.05) is 6.07 Å². The fraction of sp³-hybridized carbons (Fsp3) is 0.222. The lowest BCUT2D eigenvalue weighted by atomic mass is 10.2. The topological polar surface area (TPSA) is 67.3 Å². The average molecular weight is 214 g/mol. The normalized spacial score (nSPS) is 12.1. The molecule has 74 valence electrons. The van der Waals surface area contributed by atoms with Crippen molar-refractivity contribution in [1.82, 2.24) is 4.98 Å². The highest BCUT2D eigenvalue weighted by Gasteiger charge is 2.15. The van der Waals surface area contributed by atoms with Crippen molar-refractivity contribution < 1.29 is 14.7 Å². The van der Waals surface area contributed by atoms with E-state index in [1.165, 1.54) is 25.1 Å². The maximum atomic E-state index is 11.3. The van der Waals surface area contributed by atoms with Crippen LogP contribution >= 0.6 is 11.6 Å². The standard InChI is InChI=1S/C9H8ClNO3/c1-5(10)8(12)6-3-2-4-7(11-6)9(13)14/h2-5H,1H3,(H,13,14)/t5-/m1/s1. The Hall–Kier alpha value is -1.42. The Morgan fingerprint density at radius 1 is 1.43 bits per heavy atom. The first kappa shape index (κ1) is 10.7. The number of rotatable bonds is 3. The first-order valence-corrected chi connectivity index (χ1v) is 4.34. The van der Waals surface area contributed by atoms with Crippen molar-refractivity contribution in [3.05, 3.63) is 29.6 Å². The number of carbonyl (C=O) groups is 2. The Bertz CT molecular complexity index is 376. The summed E-state index contributed by atoms with van der Waals surface area (Å²) in [6, 6.07) is 4.22. The van der Waals surface area contributed by atoms with E-state index in [1.54, 1.807) is 0 Å². The molecule has 1 aromatic rings. The number of aromatic nitrogens is 1. The summed E-state index contributed by atoms with van der Waals surface area (Å²) in [6.07, 6.45) is 0. The molecule has 5 heteroatoms. The first-order valence-electron chi connectivity index (χ1n) is 3.91. The molecule has 0 aliphatic rings. The average Bonchev–Trinajstić information content (AvgIpc) is 2.16. The third kappa shape index (κ3) is 2.29. The molecule has 1 atom stereocenters. The molecule has 0 bridgehead atoms. The molecule has 1 rings (SSSR count). The van der Waals surface area contributed by atoms with Gasteiger partial charge in [-0.15, -0.1) is 11.6 Å². The maximum Gasteiger partial charge on any atom is 0.354 e. The van der Waals surface area contributed by atoms with Gasteiger partial charge >= 0.3 is 5.97 Å². The molecule has 1 N–H and O–H groups in total. The minimum absolute atomic E-state index is 0.0763. The summed E-state index contributed by atoms with van der Waals surface area (Å²) < 4.78 is 0. The fourth-order valence-electron chi connectivity index (χ4n) is 0.895. The maximum absolute atomic E-state index is 11.3. The molecule has 14 heavy (non-hydrogen) atoms. The Kier molecular flexibility index (Phi) is 3.19. The second kappa shape index (κ2) is 4.19. The van der Waals surface area contributed by atoms with Crippen LogP contribution in [0.1, 0.15) is 27.9 Å². The second-order valence-electron chi connectivity index (χ2n) is 2.69. The predicted octanol–water partition coefficient (Wildman–Crippen LogP) is 1.59. The van der Waals surface area contributed by atoms with E-state index in [0.29, 0.717) is 0 Å². The molecule has 0 radical (unpaired) electrons. The summed E-state index contributed by atoms with van der Waals surface area (Å²) in [5.41, 5.74) is -0.0828. The summed E-state index contributed by atoms with van der Waals surface area (Å²) in [4.78, 5) is 25.5. The van der Waals surface area contributed by atoms with Gasteiger partial charge in [0.05, 0.1) is 5.38 Å². The molecule has 0 saturated carbocycles. The van der Waals surface area contributed by atoms with Gasteiger partial charge in [-0.2, -0.15) is 0 Å². The monoisotopic (exact) mass is 213 g/mol. The highest BCUT2D eigenvalue weighted by atomic mass is 35.5. The molecule has 1 heterocycles. The predicted molar refractivity (Wildman–Crippen MR) is 50.8 cm³/mol. The molecule has 0 aliphatic heterocycles. The largest absolute Gasteiger partial charge is 0.477 e. The van der Waals surface area contributed by atoms with E-state index in [-0.39, 0.29) is 17.2 Å². The zero-order valence-corrected chi connectivity index (χ0v) is 8.15. The number of hydrogen-bond acceptors (Lipinski definition) is 3. The van der Waals surface area contributed by atoms with Crippen LogP contribution in [0.5, 0.6) is 0 Å². The molecule has 0 amide bonds. The van der Waals surface area contributed by atoms with Crippen LogP contribution in [0, 0.1) is 0 Å². The minimum atomic E-state index is -1.16. The molecular formula is C9H8ClNO3. The van der Waals surface area contributed by atoms with E-state index >= 15 is 0 Å². The van der Waals surface area contributed by atoms with Crippen LogP contribution in [-0.4, -0.2) is 27.2 Å². The van der Waals surface area contributed by atoms with Crippen LogP contribution < -0.4 is 0 Å². The minimum Gasteiger partial charge on any atom is -0.477 e. The quantitative estimate of drug-likeness (QED) is 0.612. The molecule has 1 aromatic heterocycles. The summed E-state index contributed by atoms with van der Waals surface area (Å²) in [6.45, 7) is 1.51. The second-order valence-corrected chi connectivity index (χ2v) is 3.35. The van der Waals surface area contributed by atoms with Gasteiger partial charge in [0.15, 0.2) is 5.78 Å². The molecular weight excluding hydrogens is 206 g/mol. The zero-order valence-electron chi connectivity index (χ0n) is 7.40. The van der Waals surface area contributed by atoms with E-state index in [2.05, 4.69) is 4.98 Å². The number of hydrogen-bond donors (Lipinski definition) is 1. The van der Waals surface area contributed by atoms with E-state index in [0.717, 1.165) is 0 Å². The molecule has 4 nitrogen and oxygen atoms in total. The van der Waals surface area contributed by atoms with Crippen molar-refractivity contribution in [1.29, 1.82) is 0 Å². The number of carboxylic acid groups (broad SMARTS) is 1. The van der Waals surface area contributed by atoms with Gasteiger partial charge in [0.25, 0.3) is 0 Å². The lowest BCUT2D eigenvalue weighted by molar-refractivity contribution is 0.0690. The summed E-state index contributed by atoms with van der Waals surface area (Å²) in [5.74, 6) is -1.54. The molecule has 0 aliphatic carbocycles. The smallest absolute Gasteiger partial charge is 0.354 e. The van der Waals surface area contributed by atoms with Gasteiger partial charge in [-0.25, -0.2) is 9.78 Å². The third-order valence-corrected chi connectivity index (χ3v) is 1.78. The van der Waals surface area contributed by atoms with Crippen LogP contribution in [0.25, 0.3) is 0 Å². The molecule has 0 spiro atoms. The van der Waals surface area contributed by atoms with Crippen molar-refractivity contribution in [3.8, 4) is 0 Å². The van der Waals surface area contributed by atoms with Crippen LogP contribution in [0.15, 0.2) is 18.2 Å².